The lowest BCUT2D eigenvalue weighted by Gasteiger charge is -2.14. The van der Waals surface area contributed by atoms with Crippen molar-refractivity contribution in [1.29, 1.82) is 0 Å². The zero-order chi connectivity index (χ0) is 8.97. The van der Waals surface area contributed by atoms with Gasteiger partial charge in [0, 0.05) is 32.6 Å². The molecule has 0 radical (unpaired) electrons. The Hall–Kier alpha value is -0.610. The second kappa shape index (κ2) is 4.42. The molecule has 1 aliphatic rings. The molecule has 1 amide bonds. The quantitative estimate of drug-likeness (QED) is 0.582. The normalized spacial score (nSPS) is 24.3. The molecule has 1 aliphatic heterocycles. The minimum absolute atomic E-state index is 0.0403. The van der Waals surface area contributed by atoms with Crippen LogP contribution >= 0.6 is 0 Å². The van der Waals surface area contributed by atoms with Gasteiger partial charge in [-0.2, -0.15) is 0 Å². The number of nitrogens with zero attached hydrogens (tertiary/aromatic N) is 1. The van der Waals surface area contributed by atoms with Crippen molar-refractivity contribution < 1.29 is 4.79 Å². The van der Waals surface area contributed by atoms with Crippen LogP contribution in [0.5, 0.6) is 0 Å². The summed E-state index contributed by atoms with van der Waals surface area (Å²) in [5.41, 5.74) is 5.73. The van der Waals surface area contributed by atoms with Crippen LogP contribution in [0.15, 0.2) is 0 Å². The van der Waals surface area contributed by atoms with E-state index in [-0.39, 0.29) is 5.91 Å². The van der Waals surface area contributed by atoms with Gasteiger partial charge in [0.1, 0.15) is 0 Å². The molecule has 4 nitrogen and oxygen atoms in total. The first kappa shape index (κ1) is 9.48. The molecule has 0 unspecified atom stereocenters. The first-order valence-corrected chi connectivity index (χ1v) is 4.41. The molecule has 0 aromatic rings. The minimum Gasteiger partial charge on any atom is -0.355 e. The Balaban J connectivity index is 2.04. The van der Waals surface area contributed by atoms with E-state index >= 15 is 0 Å². The fraction of sp³-hybridized carbons (Fsp3) is 0.875. The molecule has 1 rings (SSSR count). The Labute approximate surface area is 73.1 Å². The van der Waals surface area contributed by atoms with Crippen LogP contribution in [-0.2, 0) is 4.79 Å². The van der Waals surface area contributed by atoms with E-state index in [1.54, 1.807) is 0 Å². The van der Waals surface area contributed by atoms with Gasteiger partial charge in [-0.1, -0.05) is 0 Å². The van der Waals surface area contributed by atoms with Crippen molar-refractivity contribution in [1.82, 2.24) is 10.2 Å². The summed E-state index contributed by atoms with van der Waals surface area (Å²) in [6.07, 6.45) is 1.08. The number of hydrogen-bond acceptors (Lipinski definition) is 3. The molecule has 70 valence electrons. The van der Waals surface area contributed by atoms with Crippen molar-refractivity contribution in [3.63, 3.8) is 0 Å². The Morgan fingerprint density at radius 2 is 2.50 bits per heavy atom. The Bertz CT molecular complexity index is 160. The van der Waals surface area contributed by atoms with Gasteiger partial charge in [-0.15, -0.1) is 0 Å². The predicted octanol–water partition coefficient (Wildman–Crippen LogP) is -0.844. The van der Waals surface area contributed by atoms with Gasteiger partial charge in [-0.05, 0) is 13.0 Å². The number of nitrogens with one attached hydrogen (secondary N) is 1. The van der Waals surface area contributed by atoms with Crippen molar-refractivity contribution in [2.75, 3.05) is 26.2 Å². The van der Waals surface area contributed by atoms with Crippen LogP contribution in [0.3, 0.4) is 0 Å². The van der Waals surface area contributed by atoms with Gasteiger partial charge < -0.3 is 11.1 Å². The number of rotatable bonds is 3. The maximum Gasteiger partial charge on any atom is 0.216 e. The molecule has 3 N–H and O–H groups in total. The van der Waals surface area contributed by atoms with Gasteiger partial charge in [0.15, 0.2) is 0 Å². The van der Waals surface area contributed by atoms with E-state index in [1.165, 1.54) is 6.92 Å². The van der Waals surface area contributed by atoms with Crippen LogP contribution in [-0.4, -0.2) is 43.0 Å². The third-order valence-corrected chi connectivity index (χ3v) is 2.11. The zero-order valence-electron chi connectivity index (χ0n) is 7.55. The average Bonchev–Trinajstić information content (AvgIpc) is 2.35. The summed E-state index contributed by atoms with van der Waals surface area (Å²) in [6.45, 7) is 5.24. The molecule has 0 spiro atoms. The largest absolute Gasteiger partial charge is 0.355 e. The fourth-order valence-corrected chi connectivity index (χ4v) is 1.46. The molecule has 0 aromatic heterocycles. The van der Waals surface area contributed by atoms with Crippen molar-refractivity contribution in [2.45, 2.75) is 19.4 Å². The van der Waals surface area contributed by atoms with Crippen LogP contribution in [0, 0.1) is 0 Å². The van der Waals surface area contributed by atoms with E-state index in [4.69, 9.17) is 5.73 Å². The summed E-state index contributed by atoms with van der Waals surface area (Å²) in [6, 6.07) is 0.335. The van der Waals surface area contributed by atoms with Crippen LogP contribution in [0.2, 0.25) is 0 Å². The molecule has 1 heterocycles. The van der Waals surface area contributed by atoms with Crippen molar-refractivity contribution in [3.8, 4) is 0 Å². The highest BCUT2D eigenvalue weighted by atomic mass is 16.1. The highest BCUT2D eigenvalue weighted by molar-refractivity contribution is 5.72. The number of hydrogen-bond donors (Lipinski definition) is 2. The minimum atomic E-state index is 0.0403. The van der Waals surface area contributed by atoms with Gasteiger partial charge in [0.2, 0.25) is 5.91 Å². The average molecular weight is 171 g/mol. The molecule has 1 saturated heterocycles. The van der Waals surface area contributed by atoms with Gasteiger partial charge in [-0.25, -0.2) is 0 Å². The molecule has 0 aliphatic carbocycles. The summed E-state index contributed by atoms with van der Waals surface area (Å²) < 4.78 is 0. The predicted molar refractivity (Wildman–Crippen MR) is 47.7 cm³/mol. The zero-order valence-corrected chi connectivity index (χ0v) is 7.55. The summed E-state index contributed by atoms with van der Waals surface area (Å²) in [5, 5.41) is 2.77. The topological polar surface area (TPSA) is 58.4 Å². The third-order valence-electron chi connectivity index (χ3n) is 2.11. The lowest BCUT2D eigenvalue weighted by molar-refractivity contribution is -0.119. The van der Waals surface area contributed by atoms with Crippen LogP contribution in [0.4, 0.5) is 0 Å². The van der Waals surface area contributed by atoms with Gasteiger partial charge in [0.25, 0.3) is 0 Å². The third kappa shape index (κ3) is 3.19. The van der Waals surface area contributed by atoms with Crippen LogP contribution in [0.1, 0.15) is 13.3 Å². The number of carbonyl (C=O) groups is 1. The lowest BCUT2D eigenvalue weighted by atomic mass is 10.3. The maximum absolute atomic E-state index is 10.5. The van der Waals surface area contributed by atoms with E-state index in [1.807, 2.05) is 0 Å². The second-order valence-corrected chi connectivity index (χ2v) is 3.33. The van der Waals surface area contributed by atoms with Gasteiger partial charge in [-0.3, -0.25) is 9.69 Å². The molecule has 4 heteroatoms. The maximum atomic E-state index is 10.5. The molecule has 1 fully saturated rings. The standard InChI is InChI=1S/C8H17N3O/c1-7(12)10-3-5-11-4-2-8(9)6-11/h8H,2-6,9H2,1H3,(H,10,12)/t8-/m0/s1. The summed E-state index contributed by atoms with van der Waals surface area (Å²) in [4.78, 5) is 12.8. The van der Waals surface area contributed by atoms with Crippen molar-refractivity contribution >= 4 is 5.91 Å². The Morgan fingerprint density at radius 3 is 3.00 bits per heavy atom. The second-order valence-electron chi connectivity index (χ2n) is 3.33. The Kier molecular flexibility index (Phi) is 3.49. The lowest BCUT2D eigenvalue weighted by Crippen LogP contribution is -2.34. The van der Waals surface area contributed by atoms with Crippen LogP contribution < -0.4 is 11.1 Å². The number of amides is 1. The highest BCUT2D eigenvalue weighted by Gasteiger charge is 2.17. The molecular weight excluding hydrogens is 154 g/mol. The van der Waals surface area contributed by atoms with Crippen LogP contribution in [0.25, 0.3) is 0 Å². The molecule has 12 heavy (non-hydrogen) atoms. The summed E-state index contributed by atoms with van der Waals surface area (Å²) in [7, 11) is 0. The van der Waals surface area contributed by atoms with Gasteiger partial charge >= 0.3 is 0 Å². The number of nitrogens with two attached hydrogens (primary N) is 1. The molecule has 0 bridgehead atoms. The van der Waals surface area contributed by atoms with Crippen molar-refractivity contribution in [3.05, 3.63) is 0 Å². The number of likely N-dealkylation sites (tertiary alicyclic amines) is 1. The summed E-state index contributed by atoms with van der Waals surface area (Å²) in [5.74, 6) is 0.0403. The summed E-state index contributed by atoms with van der Waals surface area (Å²) >= 11 is 0. The van der Waals surface area contributed by atoms with Crippen molar-refractivity contribution in [2.24, 2.45) is 5.73 Å². The van der Waals surface area contributed by atoms with E-state index in [0.717, 1.165) is 32.6 Å². The number of carbonyl (C=O) groups excluding carboxylic acids is 1. The molecular formula is C8H17N3O. The monoisotopic (exact) mass is 171 g/mol. The van der Waals surface area contributed by atoms with E-state index < -0.39 is 0 Å². The van der Waals surface area contributed by atoms with E-state index in [0.29, 0.717) is 6.04 Å². The molecule has 1 atom stereocenters. The fourth-order valence-electron chi connectivity index (χ4n) is 1.46. The SMILES string of the molecule is CC(=O)NCCN1CC[C@H](N)C1. The van der Waals surface area contributed by atoms with Gasteiger partial charge in [0.05, 0.1) is 0 Å². The highest BCUT2D eigenvalue weighted by Crippen LogP contribution is 2.04. The first-order chi connectivity index (χ1) is 5.68. The Morgan fingerprint density at radius 1 is 1.75 bits per heavy atom. The molecule has 0 aromatic carbocycles. The smallest absolute Gasteiger partial charge is 0.216 e. The van der Waals surface area contributed by atoms with E-state index in [9.17, 15) is 4.79 Å². The first-order valence-electron chi connectivity index (χ1n) is 4.41. The van der Waals surface area contributed by atoms with E-state index in [2.05, 4.69) is 10.2 Å². The molecule has 0 saturated carbocycles.